The molecule has 0 aliphatic carbocycles. The summed E-state index contributed by atoms with van der Waals surface area (Å²) >= 11 is 0. The van der Waals surface area contributed by atoms with E-state index >= 15 is 0 Å². The molecule has 1 heterocycles. The molecule has 0 unspecified atom stereocenters. The van der Waals surface area contributed by atoms with Crippen molar-refractivity contribution in [2.75, 3.05) is 16.0 Å². The number of guanidine groups is 2. The number of nitrogens with one attached hydrogen (secondary N) is 3. The van der Waals surface area contributed by atoms with E-state index in [1.807, 2.05) is 36.4 Å². The highest BCUT2D eigenvalue weighted by Crippen LogP contribution is 2.34. The van der Waals surface area contributed by atoms with Crippen LogP contribution in [0.25, 0.3) is 21.8 Å². The van der Waals surface area contributed by atoms with Crippen LogP contribution in [-0.4, -0.2) is 27.9 Å². The Hall–Kier alpha value is -5.95. The molecule has 0 fully saturated rings. The number of benzene rings is 4. The van der Waals surface area contributed by atoms with Gasteiger partial charge in [-0.15, -0.1) is 12.4 Å². The normalized spacial score (nSPS) is 10.9. The predicted molar refractivity (Wildman–Crippen MR) is 169 cm³/mol. The molecule has 2 amide bonds. The van der Waals surface area contributed by atoms with E-state index in [-0.39, 0.29) is 30.0 Å². The van der Waals surface area contributed by atoms with E-state index in [9.17, 15) is 14.9 Å². The van der Waals surface area contributed by atoms with Crippen molar-refractivity contribution in [3.8, 4) is 0 Å². The number of nitrogens with two attached hydrogens (primary N) is 3. The maximum atomic E-state index is 12.5. The predicted octanol–water partition coefficient (Wildman–Crippen LogP) is 5.33. The van der Waals surface area contributed by atoms with Crippen LogP contribution in [0, 0.1) is 10.1 Å². The Balaban J connectivity index is 0.00000405. The minimum Gasteiger partial charge on any atom is -0.370 e. The Morgan fingerprint density at radius 2 is 1.38 bits per heavy atom. The van der Waals surface area contributed by atoms with Crippen molar-refractivity contribution in [1.29, 1.82) is 0 Å². The average Bonchev–Trinajstić information content (AvgIpc) is 2.94. The van der Waals surface area contributed by atoms with Crippen LogP contribution in [0.3, 0.4) is 0 Å². The van der Waals surface area contributed by atoms with Crippen molar-refractivity contribution in [2.45, 2.75) is 0 Å². The van der Waals surface area contributed by atoms with Crippen LogP contribution in [-0.2, 0) is 0 Å². The van der Waals surface area contributed by atoms with E-state index in [1.54, 1.807) is 42.5 Å². The number of nitrogens with zero attached hydrogens (tertiary/aromatic N) is 4. The Morgan fingerprint density at radius 3 is 2.02 bits per heavy atom. The van der Waals surface area contributed by atoms with Crippen molar-refractivity contribution in [1.82, 2.24) is 4.98 Å². The average molecular weight is 585 g/mol. The van der Waals surface area contributed by atoms with Gasteiger partial charge in [-0.25, -0.2) is 14.8 Å². The summed E-state index contributed by atoms with van der Waals surface area (Å²) in [5.74, 6) is -0.284. The fraction of sp³-hybridized carbons (Fsp3) is 0. The number of urea groups is 1. The van der Waals surface area contributed by atoms with Gasteiger partial charge in [0.15, 0.2) is 5.96 Å². The number of carbonyl (C=O) groups excluding carboxylic acids is 1. The lowest BCUT2D eigenvalue weighted by Crippen LogP contribution is -2.26. The number of carbonyl (C=O) groups is 1. The highest BCUT2D eigenvalue weighted by molar-refractivity contribution is 6.09. The van der Waals surface area contributed by atoms with Crippen molar-refractivity contribution in [3.63, 3.8) is 0 Å². The number of pyridine rings is 1. The van der Waals surface area contributed by atoms with E-state index in [2.05, 4.69) is 30.9 Å². The van der Waals surface area contributed by atoms with Gasteiger partial charge < -0.3 is 33.2 Å². The Kier molecular flexibility index (Phi) is 8.63. The SMILES string of the molecule is Cl.NC(N)=NC(N)=Nc1ccc(NC(=O)Nc2ccc(Nc3c4ccccc4nc4cc([N+](=O)[O-])ccc34)cc2)cc1. The number of nitro groups is 1. The monoisotopic (exact) mass is 584 g/mol. The van der Waals surface area contributed by atoms with Crippen LogP contribution in [0.15, 0.2) is 101 Å². The smallest absolute Gasteiger partial charge is 0.323 e. The van der Waals surface area contributed by atoms with Crippen LogP contribution >= 0.6 is 12.4 Å². The van der Waals surface area contributed by atoms with Gasteiger partial charge in [0.1, 0.15) is 0 Å². The fourth-order valence-electron chi connectivity index (χ4n) is 4.11. The third-order valence-corrected chi connectivity index (χ3v) is 5.90. The zero-order chi connectivity index (χ0) is 28.9. The van der Waals surface area contributed by atoms with Gasteiger partial charge in [0.05, 0.1) is 27.3 Å². The zero-order valence-electron chi connectivity index (χ0n) is 21.8. The fourth-order valence-corrected chi connectivity index (χ4v) is 4.11. The number of non-ortho nitro benzene ring substituents is 1. The summed E-state index contributed by atoms with van der Waals surface area (Å²) in [6.45, 7) is 0. The van der Waals surface area contributed by atoms with Crippen LogP contribution < -0.4 is 33.2 Å². The first-order valence-electron chi connectivity index (χ1n) is 12.2. The highest BCUT2D eigenvalue weighted by atomic mass is 35.5. The molecule has 0 atom stereocenters. The van der Waals surface area contributed by atoms with Gasteiger partial charge in [0.25, 0.3) is 5.69 Å². The molecule has 13 nitrogen and oxygen atoms in total. The van der Waals surface area contributed by atoms with Gasteiger partial charge in [-0.05, 0) is 60.7 Å². The highest BCUT2D eigenvalue weighted by Gasteiger charge is 2.14. The quantitative estimate of drug-likeness (QED) is 0.0503. The molecule has 14 heteroatoms. The Bertz CT molecular complexity index is 1840. The van der Waals surface area contributed by atoms with E-state index in [0.29, 0.717) is 28.1 Å². The summed E-state index contributed by atoms with van der Waals surface area (Å²) in [5, 5.41) is 21.8. The summed E-state index contributed by atoms with van der Waals surface area (Å²) in [6.07, 6.45) is 0. The lowest BCUT2D eigenvalue weighted by atomic mass is 10.1. The minimum atomic E-state index is -0.442. The molecule has 0 aliphatic heterocycles. The number of rotatable bonds is 6. The third-order valence-electron chi connectivity index (χ3n) is 5.90. The lowest BCUT2D eigenvalue weighted by Gasteiger charge is -2.14. The minimum absolute atomic E-state index is 0. The number of hydrogen-bond acceptors (Lipinski definition) is 6. The molecule has 0 bridgehead atoms. The summed E-state index contributed by atoms with van der Waals surface area (Å²) in [4.78, 5) is 35.7. The molecule has 0 saturated heterocycles. The number of para-hydroxylation sites is 1. The molecule has 0 aliphatic rings. The number of aliphatic imine (C=N–C) groups is 2. The number of aromatic nitrogens is 1. The van der Waals surface area contributed by atoms with Crippen molar-refractivity contribution in [2.24, 2.45) is 27.2 Å². The second kappa shape index (κ2) is 12.5. The van der Waals surface area contributed by atoms with Crippen molar-refractivity contribution in [3.05, 3.63) is 101 Å². The summed E-state index contributed by atoms with van der Waals surface area (Å²) in [5.41, 5.74) is 20.5. The number of halogens is 1. The third kappa shape index (κ3) is 6.78. The van der Waals surface area contributed by atoms with E-state index in [0.717, 1.165) is 22.1 Å². The maximum Gasteiger partial charge on any atom is 0.323 e. The lowest BCUT2D eigenvalue weighted by molar-refractivity contribution is -0.384. The first-order valence-corrected chi connectivity index (χ1v) is 12.2. The van der Waals surface area contributed by atoms with Gasteiger partial charge in [-0.3, -0.25) is 10.1 Å². The number of fused-ring (bicyclic) bond motifs is 2. The van der Waals surface area contributed by atoms with Crippen LogP contribution in [0.4, 0.5) is 38.9 Å². The van der Waals surface area contributed by atoms with Crippen molar-refractivity contribution >= 4 is 86.3 Å². The molecule has 0 radical (unpaired) electrons. The molecular formula is C28H25ClN10O3. The largest absolute Gasteiger partial charge is 0.370 e. The second-order valence-corrected chi connectivity index (χ2v) is 8.80. The molecule has 9 N–H and O–H groups in total. The van der Waals surface area contributed by atoms with Crippen LogP contribution in [0.2, 0.25) is 0 Å². The first kappa shape index (κ1) is 29.0. The molecule has 4 aromatic carbocycles. The van der Waals surface area contributed by atoms with Crippen LogP contribution in [0.1, 0.15) is 0 Å². The summed E-state index contributed by atoms with van der Waals surface area (Å²) < 4.78 is 0. The molecule has 5 rings (SSSR count). The standard InChI is InChI=1S/C28H24N10O3.ClH/c29-26(30)37-27(31)33-17-7-11-19(12-8-17)35-28(39)34-18-9-5-16(6-10-18)32-25-21-3-1-2-4-23(21)36-24-15-20(38(40)41)13-14-22(24)25;/h1-15H,(H,32,36)(H2,34,35,39)(H6,29,30,31,33,37);1H. The second-order valence-electron chi connectivity index (χ2n) is 8.80. The number of nitro benzene ring substituents is 1. The maximum absolute atomic E-state index is 12.5. The first-order chi connectivity index (χ1) is 19.7. The molecule has 212 valence electrons. The topological polar surface area (TPSA) is 212 Å². The molecular weight excluding hydrogens is 560 g/mol. The van der Waals surface area contributed by atoms with Crippen LogP contribution in [0.5, 0.6) is 0 Å². The van der Waals surface area contributed by atoms with Gasteiger partial charge >= 0.3 is 6.03 Å². The summed E-state index contributed by atoms with van der Waals surface area (Å²) in [7, 11) is 0. The number of hydrogen-bond donors (Lipinski definition) is 6. The van der Waals surface area contributed by atoms with Gasteiger partial charge in [-0.2, -0.15) is 4.99 Å². The molecule has 5 aromatic rings. The van der Waals surface area contributed by atoms with Gasteiger partial charge in [0.2, 0.25) is 5.96 Å². The Morgan fingerprint density at radius 1 is 0.786 bits per heavy atom. The molecule has 42 heavy (non-hydrogen) atoms. The van der Waals surface area contributed by atoms with E-state index in [1.165, 1.54) is 12.1 Å². The van der Waals surface area contributed by atoms with Gasteiger partial charge in [0, 0.05) is 40.0 Å². The summed E-state index contributed by atoms with van der Waals surface area (Å²) in [6, 6.07) is 25.5. The number of anilines is 4. The number of amides is 2. The molecule has 0 saturated carbocycles. The zero-order valence-corrected chi connectivity index (χ0v) is 22.6. The molecule has 0 spiro atoms. The van der Waals surface area contributed by atoms with Crippen molar-refractivity contribution < 1.29 is 9.72 Å². The Labute approximate surface area is 245 Å². The molecule has 1 aromatic heterocycles. The van der Waals surface area contributed by atoms with Gasteiger partial charge in [-0.1, -0.05) is 18.2 Å². The van der Waals surface area contributed by atoms with E-state index in [4.69, 9.17) is 17.2 Å². The van der Waals surface area contributed by atoms with E-state index < -0.39 is 11.0 Å².